The number of hydrogen-bond donors (Lipinski definition) is 0. The number of carbonyl (C=O) groups excluding carboxylic acids is 1. The van der Waals surface area contributed by atoms with Crippen molar-refractivity contribution in [2.75, 3.05) is 25.1 Å². The van der Waals surface area contributed by atoms with E-state index in [0.717, 1.165) is 16.5 Å². The van der Waals surface area contributed by atoms with E-state index in [-0.39, 0.29) is 23.3 Å². The van der Waals surface area contributed by atoms with E-state index in [2.05, 4.69) is 0 Å². The quantitative estimate of drug-likeness (QED) is 0.797. The van der Waals surface area contributed by atoms with Crippen molar-refractivity contribution in [1.29, 1.82) is 0 Å². The molecule has 2 heterocycles. The second-order valence-corrected chi connectivity index (χ2v) is 8.76. The number of carbonyl (C=O) groups is 1. The van der Waals surface area contributed by atoms with Crippen molar-refractivity contribution >= 4 is 32.7 Å². The first-order valence-electron chi connectivity index (χ1n) is 8.03. The normalized spacial score (nSPS) is 20.0. The third-order valence-electron chi connectivity index (χ3n) is 4.57. The fourth-order valence-electron chi connectivity index (χ4n) is 3.29. The Kier molecular flexibility index (Phi) is 4.49. The van der Waals surface area contributed by atoms with Crippen LogP contribution in [0.15, 0.2) is 36.5 Å². The van der Waals surface area contributed by atoms with Crippen LogP contribution in [0.2, 0.25) is 0 Å². The Morgan fingerprint density at radius 3 is 2.83 bits per heavy atom. The van der Waals surface area contributed by atoms with Gasteiger partial charge in [0.2, 0.25) is 5.91 Å². The van der Waals surface area contributed by atoms with Crippen LogP contribution in [0.4, 0.5) is 0 Å². The van der Waals surface area contributed by atoms with Gasteiger partial charge < -0.3 is 9.47 Å². The van der Waals surface area contributed by atoms with Crippen LogP contribution in [0, 0.1) is 5.92 Å². The van der Waals surface area contributed by atoms with Gasteiger partial charge in [0, 0.05) is 49.4 Å². The molecule has 0 bridgehead atoms. The molecule has 1 saturated heterocycles. The van der Waals surface area contributed by atoms with Crippen molar-refractivity contribution in [1.82, 2.24) is 9.47 Å². The third kappa shape index (κ3) is 3.53. The first-order chi connectivity index (χ1) is 11.4. The molecule has 1 aromatic heterocycles. The Morgan fingerprint density at radius 2 is 2.12 bits per heavy atom. The molecule has 0 N–H and O–H groups in total. The van der Waals surface area contributed by atoms with E-state index in [4.69, 9.17) is 0 Å². The zero-order valence-electron chi connectivity index (χ0n) is 14.0. The molecule has 6 heteroatoms. The highest BCUT2D eigenvalue weighted by molar-refractivity contribution is 7.91. The molecule has 1 fully saturated rings. The topological polar surface area (TPSA) is 59.4 Å². The molecule has 24 heavy (non-hydrogen) atoms. The van der Waals surface area contributed by atoms with E-state index in [0.29, 0.717) is 13.0 Å². The van der Waals surface area contributed by atoms with Gasteiger partial charge in [-0.15, -0.1) is 0 Å². The van der Waals surface area contributed by atoms with E-state index in [1.807, 2.05) is 48.2 Å². The van der Waals surface area contributed by atoms with Gasteiger partial charge in [0.15, 0.2) is 9.84 Å². The maximum Gasteiger partial charge on any atom is 0.246 e. The summed E-state index contributed by atoms with van der Waals surface area (Å²) in [6.45, 7) is 0.484. The molecular weight excluding hydrogens is 324 g/mol. The molecule has 128 valence electrons. The molecule has 5 nitrogen and oxygen atoms in total. The number of aryl methyl sites for hydroxylation is 1. The molecule has 1 amide bonds. The van der Waals surface area contributed by atoms with Crippen molar-refractivity contribution in [3.8, 4) is 0 Å². The third-order valence-corrected chi connectivity index (χ3v) is 6.41. The molecule has 0 aliphatic carbocycles. The molecule has 0 saturated carbocycles. The van der Waals surface area contributed by atoms with Gasteiger partial charge in [0.1, 0.15) is 0 Å². The van der Waals surface area contributed by atoms with Crippen LogP contribution < -0.4 is 0 Å². The van der Waals surface area contributed by atoms with Gasteiger partial charge in [-0.1, -0.05) is 18.2 Å². The fourth-order valence-corrected chi connectivity index (χ4v) is 5.14. The molecule has 1 aliphatic heterocycles. The minimum Gasteiger partial charge on any atom is -0.350 e. The van der Waals surface area contributed by atoms with E-state index in [1.54, 1.807) is 18.0 Å². The molecule has 0 spiro atoms. The summed E-state index contributed by atoms with van der Waals surface area (Å²) in [6.07, 6.45) is 6.03. The Bertz CT molecular complexity index is 896. The molecule has 1 aliphatic rings. The lowest BCUT2D eigenvalue weighted by Gasteiger charge is -2.18. The first kappa shape index (κ1) is 16.8. The number of likely N-dealkylation sites (N-methyl/N-ethyl adjacent to an activating group) is 1. The van der Waals surface area contributed by atoms with Crippen LogP contribution in [0.3, 0.4) is 0 Å². The standard InChI is InChI=1S/C18H22N2O3S/c1-19-12-15(16-5-3-4-6-17(16)19)7-8-18(21)20(2)11-14-9-10-24(22,23)13-14/h3-8,12,14H,9-11,13H2,1-2H3/b8-7+. The summed E-state index contributed by atoms with van der Waals surface area (Å²) < 4.78 is 25.1. The largest absolute Gasteiger partial charge is 0.350 e. The van der Waals surface area contributed by atoms with Gasteiger partial charge in [-0.3, -0.25) is 4.79 Å². The SMILES string of the molecule is CN(CC1CCS(=O)(=O)C1)C(=O)/C=C/c1cn(C)c2ccccc12. The zero-order chi connectivity index (χ0) is 17.3. The second kappa shape index (κ2) is 6.43. The molecule has 1 aromatic carbocycles. The predicted octanol–water partition coefficient (Wildman–Crippen LogP) is 2.08. The minimum atomic E-state index is -2.90. The summed E-state index contributed by atoms with van der Waals surface area (Å²) in [5.41, 5.74) is 2.12. The molecular formula is C18H22N2O3S. The summed E-state index contributed by atoms with van der Waals surface area (Å²) in [5.74, 6) is 0.380. The number of benzene rings is 1. The van der Waals surface area contributed by atoms with Crippen molar-refractivity contribution in [2.45, 2.75) is 6.42 Å². The molecule has 0 radical (unpaired) electrons. The Hall–Kier alpha value is -2.08. The summed E-state index contributed by atoms with van der Waals surface area (Å²) in [4.78, 5) is 13.9. The highest BCUT2D eigenvalue weighted by atomic mass is 32.2. The van der Waals surface area contributed by atoms with Gasteiger partial charge in [-0.2, -0.15) is 0 Å². The summed E-state index contributed by atoms with van der Waals surface area (Å²) in [5, 5.41) is 1.11. The van der Waals surface area contributed by atoms with Crippen LogP contribution in [-0.4, -0.2) is 48.9 Å². The number of hydrogen-bond acceptors (Lipinski definition) is 3. The van der Waals surface area contributed by atoms with E-state index in [9.17, 15) is 13.2 Å². The number of rotatable bonds is 4. The average Bonchev–Trinajstić information content (AvgIpc) is 3.05. The van der Waals surface area contributed by atoms with Gasteiger partial charge in [0.25, 0.3) is 0 Å². The van der Waals surface area contributed by atoms with Crippen LogP contribution in [0.5, 0.6) is 0 Å². The van der Waals surface area contributed by atoms with Crippen molar-refractivity contribution in [2.24, 2.45) is 13.0 Å². The number of amides is 1. The summed E-state index contributed by atoms with van der Waals surface area (Å²) in [7, 11) is 0.801. The summed E-state index contributed by atoms with van der Waals surface area (Å²) in [6, 6.07) is 8.05. The first-order valence-corrected chi connectivity index (χ1v) is 9.85. The molecule has 3 rings (SSSR count). The summed E-state index contributed by atoms with van der Waals surface area (Å²) >= 11 is 0. The monoisotopic (exact) mass is 346 g/mol. The second-order valence-electron chi connectivity index (χ2n) is 6.53. The minimum absolute atomic E-state index is 0.0508. The maximum atomic E-state index is 12.3. The van der Waals surface area contributed by atoms with Gasteiger partial charge in [-0.25, -0.2) is 8.42 Å². The van der Waals surface area contributed by atoms with Crippen LogP contribution >= 0.6 is 0 Å². The Morgan fingerprint density at radius 1 is 1.38 bits per heavy atom. The Balaban J connectivity index is 1.68. The number of nitrogens with zero attached hydrogens (tertiary/aromatic N) is 2. The lowest BCUT2D eigenvalue weighted by atomic mass is 10.1. The van der Waals surface area contributed by atoms with Crippen LogP contribution in [-0.2, 0) is 21.7 Å². The number of sulfone groups is 1. The maximum absolute atomic E-state index is 12.3. The smallest absolute Gasteiger partial charge is 0.246 e. The van der Waals surface area contributed by atoms with Crippen molar-refractivity contribution in [3.63, 3.8) is 0 Å². The highest BCUT2D eigenvalue weighted by Crippen LogP contribution is 2.22. The van der Waals surface area contributed by atoms with Crippen LogP contribution in [0.1, 0.15) is 12.0 Å². The predicted molar refractivity (Wildman–Crippen MR) is 96.4 cm³/mol. The molecule has 1 unspecified atom stereocenters. The van der Waals surface area contributed by atoms with Gasteiger partial charge in [0.05, 0.1) is 11.5 Å². The molecule has 2 aromatic rings. The van der Waals surface area contributed by atoms with E-state index < -0.39 is 9.84 Å². The zero-order valence-corrected chi connectivity index (χ0v) is 14.8. The van der Waals surface area contributed by atoms with Crippen molar-refractivity contribution in [3.05, 3.63) is 42.1 Å². The van der Waals surface area contributed by atoms with E-state index >= 15 is 0 Å². The average molecular weight is 346 g/mol. The number of para-hydroxylation sites is 1. The number of fused-ring (bicyclic) bond motifs is 1. The van der Waals surface area contributed by atoms with Gasteiger partial charge in [-0.05, 0) is 24.5 Å². The number of aromatic nitrogens is 1. The lowest BCUT2D eigenvalue weighted by Crippen LogP contribution is -2.31. The van der Waals surface area contributed by atoms with Crippen LogP contribution in [0.25, 0.3) is 17.0 Å². The van der Waals surface area contributed by atoms with E-state index in [1.165, 1.54) is 0 Å². The van der Waals surface area contributed by atoms with Crippen molar-refractivity contribution < 1.29 is 13.2 Å². The lowest BCUT2D eigenvalue weighted by molar-refractivity contribution is -0.125. The molecule has 1 atom stereocenters. The fraction of sp³-hybridized carbons (Fsp3) is 0.389. The Labute approximate surface area is 142 Å². The highest BCUT2D eigenvalue weighted by Gasteiger charge is 2.29. The van der Waals surface area contributed by atoms with Gasteiger partial charge >= 0.3 is 0 Å².